The summed E-state index contributed by atoms with van der Waals surface area (Å²) in [5.41, 5.74) is 0. The Labute approximate surface area is 65.8 Å². The van der Waals surface area contributed by atoms with Gasteiger partial charge in [-0.15, -0.1) is 18.0 Å². The Morgan fingerprint density at radius 3 is 2.60 bits per heavy atom. The van der Waals surface area contributed by atoms with Crippen molar-refractivity contribution in [3.63, 3.8) is 0 Å². The number of nitrogens with one attached hydrogen (secondary N) is 1. The van der Waals surface area contributed by atoms with E-state index in [1.54, 1.807) is 0 Å². The second-order valence-electron chi connectivity index (χ2n) is 1.53. The van der Waals surface area contributed by atoms with Gasteiger partial charge in [0, 0.05) is 5.88 Å². The minimum atomic E-state index is -3.22. The van der Waals surface area contributed by atoms with Crippen LogP contribution in [0, 0.1) is 12.3 Å². The van der Waals surface area contributed by atoms with Crippen LogP contribution in [0.15, 0.2) is 0 Å². The SMILES string of the molecule is C#CCNS(=O)(=O)CCCl. The summed E-state index contributed by atoms with van der Waals surface area (Å²) in [7, 11) is -3.22. The van der Waals surface area contributed by atoms with E-state index in [2.05, 4.69) is 10.6 Å². The van der Waals surface area contributed by atoms with Crippen LogP contribution in [0.25, 0.3) is 0 Å². The van der Waals surface area contributed by atoms with Crippen LogP contribution < -0.4 is 4.72 Å². The maximum atomic E-state index is 10.7. The van der Waals surface area contributed by atoms with Crippen molar-refractivity contribution in [2.75, 3.05) is 18.2 Å². The zero-order chi connectivity index (χ0) is 8.04. The summed E-state index contributed by atoms with van der Waals surface area (Å²) in [6.45, 7) is 0.0270. The molecule has 5 heteroatoms. The molecule has 1 N–H and O–H groups in total. The van der Waals surface area contributed by atoms with Gasteiger partial charge in [0.25, 0.3) is 0 Å². The third kappa shape index (κ3) is 4.62. The summed E-state index contributed by atoms with van der Waals surface area (Å²) >= 11 is 5.19. The molecule has 0 rings (SSSR count). The molecule has 0 aliphatic carbocycles. The highest BCUT2D eigenvalue weighted by Crippen LogP contribution is 1.84. The highest BCUT2D eigenvalue weighted by Gasteiger charge is 2.05. The first kappa shape index (κ1) is 9.76. The number of sulfonamides is 1. The monoisotopic (exact) mass is 181 g/mol. The largest absolute Gasteiger partial charge is 0.213 e. The lowest BCUT2D eigenvalue weighted by molar-refractivity contribution is 0.587. The number of alkyl halides is 1. The molecule has 0 aromatic heterocycles. The molecule has 0 atom stereocenters. The predicted octanol–water partition coefficient (Wildman–Crippen LogP) is -0.222. The van der Waals surface area contributed by atoms with Gasteiger partial charge in [-0.05, 0) is 0 Å². The van der Waals surface area contributed by atoms with E-state index in [0.29, 0.717) is 0 Å². The molecule has 10 heavy (non-hydrogen) atoms. The second kappa shape index (κ2) is 4.56. The van der Waals surface area contributed by atoms with Gasteiger partial charge in [0.15, 0.2) is 0 Å². The average molecular weight is 182 g/mol. The molecule has 3 nitrogen and oxygen atoms in total. The summed E-state index contributed by atoms with van der Waals surface area (Å²) in [5, 5.41) is 0. The molecule has 0 saturated heterocycles. The number of terminal acetylenes is 1. The minimum Gasteiger partial charge on any atom is -0.212 e. The lowest BCUT2D eigenvalue weighted by atomic mass is 10.7. The van der Waals surface area contributed by atoms with Gasteiger partial charge in [0.2, 0.25) is 10.0 Å². The van der Waals surface area contributed by atoms with Crippen molar-refractivity contribution in [1.82, 2.24) is 4.72 Å². The quantitative estimate of drug-likeness (QED) is 0.482. The maximum Gasteiger partial charge on any atom is 0.213 e. The Bertz CT molecular complexity index is 216. The molecular weight excluding hydrogens is 174 g/mol. The van der Waals surface area contributed by atoms with E-state index in [4.69, 9.17) is 18.0 Å². The van der Waals surface area contributed by atoms with Crippen molar-refractivity contribution in [3.8, 4) is 12.3 Å². The first-order valence-corrected chi connectivity index (χ1v) is 4.78. The fraction of sp³-hybridized carbons (Fsp3) is 0.600. The molecule has 0 saturated carbocycles. The molecule has 0 aromatic rings. The fourth-order valence-corrected chi connectivity index (χ4v) is 1.59. The molecule has 0 spiro atoms. The zero-order valence-electron chi connectivity index (χ0n) is 5.30. The van der Waals surface area contributed by atoms with Gasteiger partial charge < -0.3 is 0 Å². The molecule has 0 fully saturated rings. The summed E-state index contributed by atoms with van der Waals surface area (Å²) in [6, 6.07) is 0. The van der Waals surface area contributed by atoms with Crippen LogP contribution in [-0.4, -0.2) is 26.6 Å². The minimum absolute atomic E-state index is 0.0270. The van der Waals surface area contributed by atoms with Crippen molar-refractivity contribution < 1.29 is 8.42 Å². The van der Waals surface area contributed by atoms with E-state index in [-0.39, 0.29) is 18.2 Å². The molecule has 0 aliphatic rings. The molecule has 0 unspecified atom stereocenters. The van der Waals surface area contributed by atoms with Crippen LogP contribution in [0.4, 0.5) is 0 Å². The van der Waals surface area contributed by atoms with Gasteiger partial charge in [-0.3, -0.25) is 0 Å². The van der Waals surface area contributed by atoms with Crippen LogP contribution in [0.5, 0.6) is 0 Å². The van der Waals surface area contributed by atoms with Crippen molar-refractivity contribution in [1.29, 1.82) is 0 Å². The normalized spacial score (nSPS) is 10.8. The van der Waals surface area contributed by atoms with Crippen molar-refractivity contribution in [2.45, 2.75) is 0 Å². The average Bonchev–Trinajstić information content (AvgIpc) is 1.84. The Balaban J connectivity index is 3.80. The number of hydrogen-bond donors (Lipinski definition) is 1. The summed E-state index contributed by atoms with van der Waals surface area (Å²) in [6.07, 6.45) is 4.82. The number of hydrogen-bond acceptors (Lipinski definition) is 2. The maximum absolute atomic E-state index is 10.7. The van der Waals surface area contributed by atoms with Gasteiger partial charge in [0.1, 0.15) is 0 Å². The Morgan fingerprint density at radius 2 is 2.20 bits per heavy atom. The van der Waals surface area contributed by atoms with Crippen molar-refractivity contribution in [3.05, 3.63) is 0 Å². The Hall–Kier alpha value is -0.240. The zero-order valence-corrected chi connectivity index (χ0v) is 6.87. The molecule has 0 aromatic carbocycles. The van der Waals surface area contributed by atoms with E-state index in [1.807, 2.05) is 0 Å². The second-order valence-corrected chi connectivity index (χ2v) is 3.84. The lowest BCUT2D eigenvalue weighted by Crippen LogP contribution is -2.27. The molecule has 0 amide bonds. The molecule has 0 aliphatic heterocycles. The van der Waals surface area contributed by atoms with E-state index >= 15 is 0 Å². The van der Waals surface area contributed by atoms with Crippen molar-refractivity contribution in [2.24, 2.45) is 0 Å². The number of halogens is 1. The molecule has 0 radical (unpaired) electrons. The highest BCUT2D eigenvalue weighted by atomic mass is 35.5. The smallest absolute Gasteiger partial charge is 0.212 e. The number of rotatable bonds is 4. The van der Waals surface area contributed by atoms with Gasteiger partial charge in [-0.1, -0.05) is 5.92 Å². The van der Waals surface area contributed by atoms with Crippen LogP contribution in [0.3, 0.4) is 0 Å². The Morgan fingerprint density at radius 1 is 1.60 bits per heavy atom. The summed E-state index contributed by atoms with van der Waals surface area (Å²) < 4.78 is 23.6. The molecule has 0 bridgehead atoms. The lowest BCUT2D eigenvalue weighted by Gasteiger charge is -1.98. The van der Waals surface area contributed by atoms with Gasteiger partial charge >= 0.3 is 0 Å². The van der Waals surface area contributed by atoms with Gasteiger partial charge in [0.05, 0.1) is 12.3 Å². The van der Waals surface area contributed by atoms with E-state index < -0.39 is 10.0 Å². The Kier molecular flexibility index (Phi) is 4.45. The predicted molar refractivity (Wildman–Crippen MR) is 41.3 cm³/mol. The van der Waals surface area contributed by atoms with Crippen LogP contribution in [0.2, 0.25) is 0 Å². The van der Waals surface area contributed by atoms with Crippen LogP contribution in [-0.2, 0) is 10.0 Å². The fourth-order valence-electron chi connectivity index (χ4n) is 0.325. The van der Waals surface area contributed by atoms with Gasteiger partial charge in [-0.2, -0.15) is 0 Å². The van der Waals surface area contributed by atoms with Crippen molar-refractivity contribution >= 4 is 21.6 Å². The molecule has 0 heterocycles. The van der Waals surface area contributed by atoms with E-state index in [0.717, 1.165) is 0 Å². The summed E-state index contributed by atoms with van der Waals surface area (Å²) in [5.74, 6) is 2.15. The highest BCUT2D eigenvalue weighted by molar-refractivity contribution is 7.89. The van der Waals surface area contributed by atoms with E-state index in [1.165, 1.54) is 0 Å². The molecule has 58 valence electrons. The summed E-state index contributed by atoms with van der Waals surface area (Å²) in [4.78, 5) is 0. The molecular formula is C5H8ClNO2S. The standard InChI is InChI=1S/C5H8ClNO2S/c1-2-4-7-10(8,9)5-3-6/h1,7H,3-5H2. The topological polar surface area (TPSA) is 46.2 Å². The van der Waals surface area contributed by atoms with Crippen LogP contribution in [0.1, 0.15) is 0 Å². The van der Waals surface area contributed by atoms with Gasteiger partial charge in [-0.25, -0.2) is 13.1 Å². The first-order chi connectivity index (χ1) is 4.62. The third-order valence-electron chi connectivity index (χ3n) is 0.740. The first-order valence-electron chi connectivity index (χ1n) is 2.59. The third-order valence-corrected chi connectivity index (χ3v) is 2.48. The van der Waals surface area contributed by atoms with Crippen LogP contribution >= 0.6 is 11.6 Å². The van der Waals surface area contributed by atoms with E-state index in [9.17, 15) is 8.42 Å².